The number of carbonyl (C=O) groups is 2. The molecule has 72 valence electrons. The molecular formula is C9H13NO3. The minimum atomic E-state index is -0.710. The van der Waals surface area contributed by atoms with Crippen LogP contribution in [0.4, 0.5) is 0 Å². The quantitative estimate of drug-likeness (QED) is 0.617. The van der Waals surface area contributed by atoms with Gasteiger partial charge < -0.3 is 10.4 Å². The molecule has 1 amide bonds. The molecule has 1 saturated heterocycles. The first-order chi connectivity index (χ1) is 6.16. The molecule has 2 fully saturated rings. The Hall–Kier alpha value is -1.06. The van der Waals surface area contributed by atoms with Crippen molar-refractivity contribution in [3.63, 3.8) is 0 Å². The molecule has 1 unspecified atom stereocenters. The zero-order valence-corrected chi connectivity index (χ0v) is 7.32. The summed E-state index contributed by atoms with van der Waals surface area (Å²) in [5.74, 6) is -0.588. The highest BCUT2D eigenvalue weighted by molar-refractivity contribution is 5.79. The summed E-state index contributed by atoms with van der Waals surface area (Å²) in [6, 6.07) is 0.253. The largest absolute Gasteiger partial charge is 0.481 e. The van der Waals surface area contributed by atoms with Crippen molar-refractivity contribution in [2.24, 2.45) is 11.8 Å². The number of nitrogens with one attached hydrogen (secondary N) is 1. The number of aliphatic carboxylic acids is 1. The second-order valence-corrected chi connectivity index (χ2v) is 3.99. The molecule has 1 saturated carbocycles. The molecule has 0 bridgehead atoms. The van der Waals surface area contributed by atoms with Gasteiger partial charge in [-0.15, -0.1) is 0 Å². The van der Waals surface area contributed by atoms with Gasteiger partial charge in [0.2, 0.25) is 5.91 Å². The fourth-order valence-corrected chi connectivity index (χ4v) is 2.41. The summed E-state index contributed by atoms with van der Waals surface area (Å²) in [4.78, 5) is 21.7. The SMILES string of the molecule is O=C1C[C@H]2CC(C(=O)O)CC[C@H]2N1. The van der Waals surface area contributed by atoms with Crippen molar-refractivity contribution in [1.29, 1.82) is 0 Å². The van der Waals surface area contributed by atoms with Crippen LogP contribution in [-0.2, 0) is 9.59 Å². The van der Waals surface area contributed by atoms with Gasteiger partial charge >= 0.3 is 5.97 Å². The number of carbonyl (C=O) groups excluding carboxylic acids is 1. The van der Waals surface area contributed by atoms with Gasteiger partial charge in [-0.2, -0.15) is 0 Å². The minimum absolute atomic E-state index is 0.0843. The Bertz CT molecular complexity index is 251. The van der Waals surface area contributed by atoms with Gasteiger partial charge in [-0.3, -0.25) is 9.59 Å². The zero-order valence-electron chi connectivity index (χ0n) is 7.32. The lowest BCUT2D eigenvalue weighted by molar-refractivity contribution is -0.143. The van der Waals surface area contributed by atoms with Gasteiger partial charge in [-0.25, -0.2) is 0 Å². The van der Waals surface area contributed by atoms with E-state index in [1.807, 2.05) is 0 Å². The molecule has 13 heavy (non-hydrogen) atoms. The smallest absolute Gasteiger partial charge is 0.306 e. The third-order valence-corrected chi connectivity index (χ3v) is 3.13. The molecule has 0 aromatic heterocycles. The van der Waals surface area contributed by atoms with E-state index in [1.165, 1.54) is 0 Å². The predicted octanol–water partition coefficient (Wildman–Crippen LogP) is 0.376. The molecule has 2 rings (SSSR count). The molecule has 1 aliphatic carbocycles. The Morgan fingerprint density at radius 3 is 2.92 bits per heavy atom. The monoisotopic (exact) mass is 183 g/mol. The highest BCUT2D eigenvalue weighted by Gasteiger charge is 2.39. The van der Waals surface area contributed by atoms with Crippen LogP contribution >= 0.6 is 0 Å². The summed E-state index contributed by atoms with van der Waals surface area (Å²) in [5, 5.41) is 11.7. The van der Waals surface area contributed by atoms with Gasteiger partial charge in [0.05, 0.1) is 5.92 Å². The molecule has 0 radical (unpaired) electrons. The molecule has 2 aliphatic rings. The second-order valence-electron chi connectivity index (χ2n) is 3.99. The topological polar surface area (TPSA) is 66.4 Å². The van der Waals surface area contributed by atoms with E-state index in [4.69, 9.17) is 5.11 Å². The highest BCUT2D eigenvalue weighted by Crippen LogP contribution is 2.34. The zero-order chi connectivity index (χ0) is 9.42. The number of carboxylic acid groups (broad SMARTS) is 1. The van der Waals surface area contributed by atoms with E-state index in [9.17, 15) is 9.59 Å². The van der Waals surface area contributed by atoms with E-state index in [0.717, 1.165) is 6.42 Å². The second kappa shape index (κ2) is 3.01. The fourth-order valence-electron chi connectivity index (χ4n) is 2.41. The third kappa shape index (κ3) is 1.53. The fraction of sp³-hybridized carbons (Fsp3) is 0.778. The van der Waals surface area contributed by atoms with Crippen LogP contribution in [0.2, 0.25) is 0 Å². The third-order valence-electron chi connectivity index (χ3n) is 3.13. The average molecular weight is 183 g/mol. The molecule has 0 spiro atoms. The lowest BCUT2D eigenvalue weighted by Crippen LogP contribution is -2.35. The van der Waals surface area contributed by atoms with Crippen LogP contribution in [0.3, 0.4) is 0 Å². The van der Waals surface area contributed by atoms with Crippen molar-refractivity contribution in [3.05, 3.63) is 0 Å². The molecule has 3 atom stereocenters. The molecular weight excluding hydrogens is 170 g/mol. The maximum Gasteiger partial charge on any atom is 0.306 e. The Morgan fingerprint density at radius 1 is 1.46 bits per heavy atom. The summed E-state index contributed by atoms with van der Waals surface area (Å²) in [6.45, 7) is 0. The van der Waals surface area contributed by atoms with E-state index in [-0.39, 0.29) is 23.8 Å². The Morgan fingerprint density at radius 2 is 2.23 bits per heavy atom. The van der Waals surface area contributed by atoms with Crippen molar-refractivity contribution >= 4 is 11.9 Å². The first kappa shape index (κ1) is 8.53. The first-order valence-corrected chi connectivity index (χ1v) is 4.69. The summed E-state index contributed by atoms with van der Waals surface area (Å²) in [7, 11) is 0. The number of rotatable bonds is 1. The van der Waals surface area contributed by atoms with Crippen LogP contribution in [-0.4, -0.2) is 23.0 Å². The maximum absolute atomic E-state index is 11.0. The van der Waals surface area contributed by atoms with Gasteiger partial charge in [-0.1, -0.05) is 0 Å². The number of hydrogen-bond acceptors (Lipinski definition) is 2. The average Bonchev–Trinajstić information content (AvgIpc) is 2.42. The van der Waals surface area contributed by atoms with Gasteiger partial charge in [-0.05, 0) is 25.2 Å². The molecule has 1 heterocycles. The van der Waals surface area contributed by atoms with Crippen molar-refractivity contribution in [3.8, 4) is 0 Å². The van der Waals surface area contributed by atoms with Crippen LogP contribution in [0.15, 0.2) is 0 Å². The summed E-state index contributed by atoms with van der Waals surface area (Å²) in [5.41, 5.74) is 0. The lowest BCUT2D eigenvalue weighted by Gasteiger charge is -2.28. The van der Waals surface area contributed by atoms with Crippen LogP contribution in [0.1, 0.15) is 25.7 Å². The number of fused-ring (bicyclic) bond motifs is 1. The maximum atomic E-state index is 11.0. The molecule has 1 aliphatic heterocycles. The Kier molecular flexibility index (Phi) is 1.98. The lowest BCUT2D eigenvalue weighted by atomic mass is 9.79. The highest BCUT2D eigenvalue weighted by atomic mass is 16.4. The van der Waals surface area contributed by atoms with Gasteiger partial charge in [0.15, 0.2) is 0 Å². The van der Waals surface area contributed by atoms with Crippen LogP contribution < -0.4 is 5.32 Å². The minimum Gasteiger partial charge on any atom is -0.481 e. The van der Waals surface area contributed by atoms with Crippen molar-refractivity contribution in [2.75, 3.05) is 0 Å². The van der Waals surface area contributed by atoms with Gasteiger partial charge in [0.1, 0.15) is 0 Å². The predicted molar refractivity (Wildman–Crippen MR) is 45.0 cm³/mol. The molecule has 0 aromatic rings. The van der Waals surface area contributed by atoms with E-state index >= 15 is 0 Å². The molecule has 0 aromatic carbocycles. The van der Waals surface area contributed by atoms with E-state index < -0.39 is 5.97 Å². The normalized spacial score (nSPS) is 38.2. The van der Waals surface area contributed by atoms with E-state index in [0.29, 0.717) is 19.3 Å². The molecule has 2 N–H and O–H groups in total. The van der Waals surface area contributed by atoms with Crippen LogP contribution in [0.25, 0.3) is 0 Å². The summed E-state index contributed by atoms with van der Waals surface area (Å²) >= 11 is 0. The van der Waals surface area contributed by atoms with Gasteiger partial charge in [0, 0.05) is 12.5 Å². The summed E-state index contributed by atoms with van der Waals surface area (Å²) < 4.78 is 0. The van der Waals surface area contributed by atoms with E-state index in [2.05, 4.69) is 5.32 Å². The van der Waals surface area contributed by atoms with Gasteiger partial charge in [0.25, 0.3) is 0 Å². The standard InChI is InChI=1S/C9H13NO3/c11-8-4-6-3-5(9(12)13)1-2-7(6)10-8/h5-7H,1-4H2,(H,10,11)(H,12,13)/t5?,6-,7-/m1/s1. The molecule has 4 heteroatoms. The van der Waals surface area contributed by atoms with Crippen molar-refractivity contribution in [1.82, 2.24) is 5.32 Å². The number of hydrogen-bond donors (Lipinski definition) is 2. The Labute approximate surface area is 76.3 Å². The van der Waals surface area contributed by atoms with Crippen LogP contribution in [0.5, 0.6) is 0 Å². The summed E-state index contributed by atoms with van der Waals surface area (Å²) in [6.07, 6.45) is 2.72. The van der Waals surface area contributed by atoms with Crippen molar-refractivity contribution in [2.45, 2.75) is 31.7 Å². The van der Waals surface area contributed by atoms with Crippen molar-refractivity contribution < 1.29 is 14.7 Å². The Balaban J connectivity index is 2.01. The number of carboxylic acids is 1. The van der Waals surface area contributed by atoms with E-state index in [1.54, 1.807) is 0 Å². The molecule has 4 nitrogen and oxygen atoms in total. The number of amides is 1. The first-order valence-electron chi connectivity index (χ1n) is 4.69. The van der Waals surface area contributed by atoms with Crippen LogP contribution in [0, 0.1) is 11.8 Å².